The number of likely N-dealkylation sites (N-methyl/N-ethyl adjacent to an activating group) is 1. The molecule has 0 unspecified atom stereocenters. The summed E-state index contributed by atoms with van der Waals surface area (Å²) < 4.78 is 14.8. The van der Waals surface area contributed by atoms with E-state index in [0.29, 0.717) is 12.5 Å². The molecule has 4 heterocycles. The van der Waals surface area contributed by atoms with Crippen LogP contribution in [-0.2, 0) is 0 Å². The summed E-state index contributed by atoms with van der Waals surface area (Å²) in [6, 6.07) is 9.25. The van der Waals surface area contributed by atoms with E-state index in [1.165, 1.54) is 24.5 Å². The van der Waals surface area contributed by atoms with Crippen molar-refractivity contribution in [1.29, 1.82) is 0 Å². The van der Waals surface area contributed by atoms with Crippen LogP contribution in [0.25, 0.3) is 33.4 Å². The Kier molecular flexibility index (Phi) is 13.3. The van der Waals surface area contributed by atoms with Gasteiger partial charge in [0.15, 0.2) is 0 Å². The van der Waals surface area contributed by atoms with E-state index < -0.39 is 0 Å². The van der Waals surface area contributed by atoms with Gasteiger partial charge in [0.05, 0.1) is 23.1 Å². The Bertz CT molecular complexity index is 1780. The number of benzene rings is 1. The second kappa shape index (κ2) is 17.6. The van der Waals surface area contributed by atoms with Gasteiger partial charge in [0.1, 0.15) is 11.5 Å². The zero-order valence-corrected chi connectivity index (χ0v) is 29.5. The quantitative estimate of drug-likeness (QED) is 0.109. The first-order valence-corrected chi connectivity index (χ1v) is 17.1. The molecule has 1 saturated heterocycles. The van der Waals surface area contributed by atoms with E-state index >= 15 is 0 Å². The topological polar surface area (TPSA) is 84.7 Å². The zero-order chi connectivity index (χ0) is 34.6. The number of halogens is 1. The van der Waals surface area contributed by atoms with Gasteiger partial charge in [-0.25, -0.2) is 4.39 Å². The fraction of sp³-hybridized carbons (Fsp3) is 0.350. The average molecular weight is 650 g/mol. The summed E-state index contributed by atoms with van der Waals surface area (Å²) >= 11 is 0. The Morgan fingerprint density at radius 2 is 1.88 bits per heavy atom. The van der Waals surface area contributed by atoms with Crippen molar-refractivity contribution in [2.24, 2.45) is 5.92 Å². The van der Waals surface area contributed by atoms with E-state index in [1.54, 1.807) is 12.1 Å². The monoisotopic (exact) mass is 649 g/mol. The highest BCUT2D eigenvalue weighted by Crippen LogP contribution is 2.35. The van der Waals surface area contributed by atoms with Crippen molar-refractivity contribution in [3.8, 4) is 11.4 Å². The summed E-state index contributed by atoms with van der Waals surface area (Å²) in [7, 11) is 4.03. The van der Waals surface area contributed by atoms with Crippen molar-refractivity contribution in [1.82, 2.24) is 30.4 Å². The van der Waals surface area contributed by atoms with E-state index in [9.17, 15) is 4.39 Å². The lowest BCUT2D eigenvalue weighted by atomic mass is 9.90. The number of pyridine rings is 1. The van der Waals surface area contributed by atoms with Gasteiger partial charge in [0, 0.05) is 35.4 Å². The van der Waals surface area contributed by atoms with Gasteiger partial charge < -0.3 is 20.5 Å². The van der Waals surface area contributed by atoms with Crippen LogP contribution in [0.4, 0.5) is 10.1 Å². The summed E-state index contributed by atoms with van der Waals surface area (Å²) in [6.07, 6.45) is 15.2. The van der Waals surface area contributed by atoms with Crippen LogP contribution in [0.2, 0.25) is 0 Å². The molecule has 4 N–H and O–H groups in total. The molecule has 0 aliphatic carbocycles. The first-order valence-electron chi connectivity index (χ1n) is 17.1. The Balaban J connectivity index is 0.00000255. The van der Waals surface area contributed by atoms with Gasteiger partial charge in [-0.15, -0.1) is 0 Å². The molecule has 48 heavy (non-hydrogen) atoms. The second-order valence-electron chi connectivity index (χ2n) is 12.2. The van der Waals surface area contributed by atoms with Crippen molar-refractivity contribution in [3.63, 3.8) is 0 Å². The lowest BCUT2D eigenvalue weighted by Crippen LogP contribution is -2.27. The van der Waals surface area contributed by atoms with Crippen LogP contribution >= 0.6 is 0 Å². The van der Waals surface area contributed by atoms with E-state index in [0.717, 1.165) is 87.7 Å². The Morgan fingerprint density at radius 3 is 2.56 bits per heavy atom. The van der Waals surface area contributed by atoms with Gasteiger partial charge in [-0.2, -0.15) is 5.10 Å². The minimum absolute atomic E-state index is 0.296. The van der Waals surface area contributed by atoms with E-state index in [4.69, 9.17) is 4.98 Å². The predicted octanol–water partition coefficient (Wildman–Crippen LogP) is 8.92. The molecule has 1 aromatic carbocycles. The third-order valence-electron chi connectivity index (χ3n) is 8.58. The van der Waals surface area contributed by atoms with Crippen LogP contribution in [0.3, 0.4) is 0 Å². The minimum Gasteiger partial charge on any atom is -0.384 e. The smallest absolute Gasteiger partial charge is 0.125 e. The Morgan fingerprint density at radius 1 is 1.10 bits per heavy atom. The predicted molar refractivity (Wildman–Crippen MR) is 203 cm³/mol. The van der Waals surface area contributed by atoms with Gasteiger partial charge in [0.25, 0.3) is 0 Å². The van der Waals surface area contributed by atoms with E-state index in [-0.39, 0.29) is 5.82 Å². The molecule has 5 rings (SSSR count). The van der Waals surface area contributed by atoms with Crippen molar-refractivity contribution >= 4 is 27.7 Å². The van der Waals surface area contributed by atoms with Gasteiger partial charge in [-0.3, -0.25) is 10.1 Å². The average Bonchev–Trinajstić information content (AvgIpc) is 3.69. The number of allylic oxidation sites excluding steroid dienone is 7. The molecular formula is C40H52FN7. The minimum atomic E-state index is -0.296. The van der Waals surface area contributed by atoms with Crippen LogP contribution in [-0.4, -0.2) is 65.3 Å². The molecule has 8 heteroatoms. The van der Waals surface area contributed by atoms with Crippen LogP contribution in [0.5, 0.6) is 0 Å². The normalized spacial score (nSPS) is 14.6. The summed E-state index contributed by atoms with van der Waals surface area (Å²) in [5.41, 5.74) is 9.97. The molecule has 0 atom stereocenters. The number of hydrogen-bond donors (Lipinski definition) is 4. The van der Waals surface area contributed by atoms with Crippen LogP contribution in [0.15, 0.2) is 85.6 Å². The van der Waals surface area contributed by atoms with E-state index in [1.807, 2.05) is 66.2 Å². The van der Waals surface area contributed by atoms with E-state index in [2.05, 4.69) is 68.2 Å². The molecule has 0 saturated carbocycles. The number of fused-ring (bicyclic) bond motifs is 1. The third kappa shape index (κ3) is 9.08. The molecule has 254 valence electrons. The summed E-state index contributed by atoms with van der Waals surface area (Å²) in [4.78, 5) is 10.4. The molecule has 7 nitrogen and oxygen atoms in total. The van der Waals surface area contributed by atoms with Crippen molar-refractivity contribution in [2.45, 2.75) is 47.0 Å². The van der Waals surface area contributed by atoms with Crippen LogP contribution < -0.4 is 10.6 Å². The Labute approximate surface area is 285 Å². The number of nitrogens with zero attached hydrogens (tertiary/aromatic N) is 3. The summed E-state index contributed by atoms with van der Waals surface area (Å²) in [5.74, 6) is 0.374. The lowest BCUT2D eigenvalue weighted by molar-refractivity contribution is 0.374. The number of anilines is 1. The fourth-order valence-electron chi connectivity index (χ4n) is 6.10. The summed E-state index contributed by atoms with van der Waals surface area (Å²) in [6.45, 7) is 19.8. The first-order chi connectivity index (χ1) is 23.3. The van der Waals surface area contributed by atoms with Crippen molar-refractivity contribution in [3.05, 3.63) is 114 Å². The molecule has 0 radical (unpaired) electrons. The largest absolute Gasteiger partial charge is 0.384 e. The van der Waals surface area contributed by atoms with Gasteiger partial charge in [0.2, 0.25) is 0 Å². The van der Waals surface area contributed by atoms with Crippen molar-refractivity contribution < 1.29 is 4.39 Å². The number of aromatic amines is 2. The highest BCUT2D eigenvalue weighted by Gasteiger charge is 2.19. The zero-order valence-electron chi connectivity index (χ0n) is 29.5. The van der Waals surface area contributed by atoms with Gasteiger partial charge in [-0.1, -0.05) is 51.3 Å². The van der Waals surface area contributed by atoms with Gasteiger partial charge in [-0.05, 0) is 125 Å². The maximum atomic E-state index is 14.8. The molecule has 0 spiro atoms. The van der Waals surface area contributed by atoms with Crippen LogP contribution in [0, 0.1) is 18.7 Å². The number of rotatable bonds is 13. The Hall–Kier alpha value is -4.53. The molecule has 4 aromatic rings. The molecular weight excluding hydrogens is 597 g/mol. The standard InChI is InChI=1S/C38H46FN7.C2H6/c1-7-10-32(29-19-30(39)21-31(20-29)41-15-16-46(5)6)33-22-36(43-25(33)4)38-34-23-35(42-24-37(34)44-45-38)28(9-3)18-26(8-2)17-27-11-13-40-14-12-27;1-2/h7-10,18-24,27,40-41,43H,1-2,11-17H2,3-6H3,(H,44,45);1-2H3/b26-18+,28-9+,32-10-;. The number of piperidine rings is 1. The molecule has 0 bridgehead atoms. The van der Waals surface area contributed by atoms with Crippen molar-refractivity contribution in [2.75, 3.05) is 45.6 Å². The SMILES string of the molecule is C=C/C=C(/c1cc(F)cc(NCCN(C)C)c1)c1cc(-c2n[nH]c3cnc(C(/C=C(\C=C)CC4CCNCC4)=C/C)cc23)[nH]c1C.CC. The lowest BCUT2D eigenvalue weighted by Gasteiger charge is -2.23. The molecule has 0 amide bonds. The number of nitrogens with one attached hydrogen (secondary N) is 4. The highest BCUT2D eigenvalue weighted by atomic mass is 19.1. The maximum Gasteiger partial charge on any atom is 0.125 e. The highest BCUT2D eigenvalue weighted by molar-refractivity contribution is 5.95. The molecule has 3 aromatic heterocycles. The van der Waals surface area contributed by atoms with Crippen LogP contribution in [0.1, 0.15) is 62.5 Å². The number of hydrogen-bond acceptors (Lipinski definition) is 5. The second-order valence-corrected chi connectivity index (χ2v) is 12.2. The molecule has 1 aliphatic rings. The number of H-pyrrole nitrogens is 2. The summed E-state index contributed by atoms with van der Waals surface area (Å²) in [5, 5.41) is 15.6. The number of aryl methyl sites for hydroxylation is 1. The number of aromatic nitrogens is 4. The molecule has 1 fully saturated rings. The fourth-order valence-corrected chi connectivity index (χ4v) is 6.10. The maximum absolute atomic E-state index is 14.8. The third-order valence-corrected chi connectivity index (χ3v) is 8.58. The van der Waals surface area contributed by atoms with Gasteiger partial charge >= 0.3 is 0 Å². The first kappa shape index (κ1) is 36.3. The molecule has 1 aliphatic heterocycles.